The Hall–Kier alpha value is -4.03. The number of nitrogens with one attached hydrogen (secondary N) is 2. The van der Waals surface area contributed by atoms with Gasteiger partial charge in [0.2, 0.25) is 0 Å². The van der Waals surface area contributed by atoms with Crippen LogP contribution in [0.3, 0.4) is 0 Å². The van der Waals surface area contributed by atoms with Gasteiger partial charge in [0, 0.05) is 16.5 Å². The van der Waals surface area contributed by atoms with E-state index in [4.69, 9.17) is 15.4 Å². The number of thioether (sulfide) groups is 1. The summed E-state index contributed by atoms with van der Waals surface area (Å²) in [5, 5.41) is 24.6. The Morgan fingerprint density at radius 2 is 1.76 bits per heavy atom. The molecule has 2 aromatic heterocycles. The smallest absolute Gasteiger partial charge is 0.352 e. The molecule has 3 amide bonds. The van der Waals surface area contributed by atoms with Crippen LogP contribution in [-0.2, 0) is 28.9 Å². The first-order valence-electron chi connectivity index (χ1n) is 10.1. The summed E-state index contributed by atoms with van der Waals surface area (Å²) < 4.78 is 0. The van der Waals surface area contributed by atoms with Gasteiger partial charge in [-0.1, -0.05) is 10.3 Å². The summed E-state index contributed by atoms with van der Waals surface area (Å²) in [5.74, 6) is -2.86. The third-order valence-corrected chi connectivity index (χ3v) is 7.49. The van der Waals surface area contributed by atoms with Crippen molar-refractivity contribution in [3.63, 3.8) is 0 Å². The average molecular weight is 567 g/mol. The minimum atomic E-state index is -1.22. The number of oxime groups is 2. The SMILES string of the molecule is CO/N=C(\C(=O)N[C@@H]1C(=O)N2C(C(=O)O)=CCS[C@H]12)c1csc(NC(=O)/C(=N/OC)c2csc(N)n2)n1. The van der Waals surface area contributed by atoms with Gasteiger partial charge in [-0.25, -0.2) is 14.8 Å². The quantitative estimate of drug-likeness (QED) is 0.179. The number of carbonyl (C=O) groups excluding carboxylic acids is 3. The zero-order valence-electron chi connectivity index (χ0n) is 19.0. The van der Waals surface area contributed by atoms with Crippen LogP contribution in [0.2, 0.25) is 0 Å². The van der Waals surface area contributed by atoms with Gasteiger partial charge in [0.25, 0.3) is 17.7 Å². The highest BCUT2D eigenvalue weighted by molar-refractivity contribution is 8.00. The molecule has 0 spiro atoms. The number of nitrogens with two attached hydrogens (primary N) is 1. The second-order valence-corrected chi connectivity index (χ2v) is 9.98. The molecule has 0 aromatic carbocycles. The monoisotopic (exact) mass is 566 g/mol. The Balaban J connectivity index is 1.46. The molecule has 2 aromatic rings. The van der Waals surface area contributed by atoms with Gasteiger partial charge in [-0.2, -0.15) is 0 Å². The van der Waals surface area contributed by atoms with Crippen molar-refractivity contribution >= 4 is 79.8 Å². The molecule has 194 valence electrons. The Kier molecular flexibility index (Phi) is 7.69. The van der Waals surface area contributed by atoms with Gasteiger partial charge in [-0.3, -0.25) is 24.6 Å². The molecule has 15 nitrogen and oxygen atoms in total. The lowest BCUT2D eigenvalue weighted by molar-refractivity contribution is -0.150. The van der Waals surface area contributed by atoms with Crippen LogP contribution in [0.4, 0.5) is 10.3 Å². The number of carboxylic acids is 1. The second-order valence-electron chi connectivity index (χ2n) is 7.09. The molecule has 0 aliphatic carbocycles. The predicted octanol–water partition coefficient (Wildman–Crippen LogP) is -0.110. The Bertz CT molecular complexity index is 1350. The van der Waals surface area contributed by atoms with Crippen LogP contribution < -0.4 is 16.4 Å². The van der Waals surface area contributed by atoms with E-state index in [0.717, 1.165) is 27.6 Å². The van der Waals surface area contributed by atoms with E-state index in [1.165, 1.54) is 42.8 Å². The highest BCUT2D eigenvalue weighted by Crippen LogP contribution is 2.37. The van der Waals surface area contributed by atoms with Gasteiger partial charge in [0.05, 0.1) is 0 Å². The number of hydrogen-bond acceptors (Lipinski definition) is 14. The summed E-state index contributed by atoms with van der Waals surface area (Å²) in [7, 11) is 2.50. The Labute approximate surface area is 220 Å². The van der Waals surface area contributed by atoms with Crippen LogP contribution >= 0.6 is 34.4 Å². The number of aliphatic carboxylic acids is 1. The van der Waals surface area contributed by atoms with Crippen LogP contribution in [0.1, 0.15) is 11.4 Å². The molecule has 2 aliphatic heterocycles. The molecule has 2 atom stereocenters. The molecule has 5 N–H and O–H groups in total. The molecule has 0 unspecified atom stereocenters. The molecule has 18 heteroatoms. The maximum atomic E-state index is 13.0. The topological polar surface area (TPSA) is 211 Å². The molecular formula is C19H18N8O7S3. The maximum Gasteiger partial charge on any atom is 0.352 e. The number of thiazole rings is 2. The summed E-state index contributed by atoms with van der Waals surface area (Å²) in [6.07, 6.45) is 1.44. The third kappa shape index (κ3) is 5.25. The van der Waals surface area contributed by atoms with Crippen molar-refractivity contribution in [2.75, 3.05) is 31.0 Å². The highest BCUT2D eigenvalue weighted by atomic mass is 32.2. The van der Waals surface area contributed by atoms with Gasteiger partial charge in [0.1, 0.15) is 42.7 Å². The molecule has 0 radical (unpaired) electrons. The van der Waals surface area contributed by atoms with Gasteiger partial charge in [-0.15, -0.1) is 34.4 Å². The number of β-lactam (4-membered cyclic amide) rings is 1. The van der Waals surface area contributed by atoms with Gasteiger partial charge < -0.3 is 25.8 Å². The van der Waals surface area contributed by atoms with E-state index in [1.807, 2.05) is 0 Å². The fraction of sp³-hybridized carbons (Fsp3) is 0.263. The van der Waals surface area contributed by atoms with Crippen molar-refractivity contribution in [2.45, 2.75) is 11.4 Å². The first-order chi connectivity index (χ1) is 17.7. The van der Waals surface area contributed by atoms with Crippen LogP contribution in [-0.4, -0.2) is 86.5 Å². The van der Waals surface area contributed by atoms with E-state index in [0.29, 0.717) is 5.75 Å². The van der Waals surface area contributed by atoms with Crippen LogP contribution in [0.15, 0.2) is 32.8 Å². The first-order valence-corrected chi connectivity index (χ1v) is 13.0. The van der Waals surface area contributed by atoms with Crippen LogP contribution in [0.5, 0.6) is 0 Å². The number of nitrogens with zero attached hydrogens (tertiary/aromatic N) is 5. The largest absolute Gasteiger partial charge is 0.477 e. The Morgan fingerprint density at radius 3 is 2.38 bits per heavy atom. The minimum absolute atomic E-state index is 0.0637. The van der Waals surface area contributed by atoms with Crippen molar-refractivity contribution in [1.82, 2.24) is 20.2 Å². The van der Waals surface area contributed by atoms with Crippen molar-refractivity contribution in [3.05, 3.63) is 33.9 Å². The maximum absolute atomic E-state index is 13.0. The molecular weight excluding hydrogens is 548 g/mol. The zero-order valence-corrected chi connectivity index (χ0v) is 21.5. The van der Waals surface area contributed by atoms with E-state index in [-0.39, 0.29) is 38.8 Å². The van der Waals surface area contributed by atoms with Crippen molar-refractivity contribution in [3.8, 4) is 0 Å². The van der Waals surface area contributed by atoms with E-state index in [1.54, 1.807) is 0 Å². The second kappa shape index (κ2) is 10.9. The number of carbonyl (C=O) groups is 4. The minimum Gasteiger partial charge on any atom is -0.477 e. The summed E-state index contributed by atoms with van der Waals surface area (Å²) in [6, 6.07) is -0.959. The predicted molar refractivity (Wildman–Crippen MR) is 135 cm³/mol. The lowest BCUT2D eigenvalue weighted by atomic mass is 10.0. The molecule has 0 saturated carbocycles. The van der Waals surface area contributed by atoms with E-state index in [9.17, 15) is 24.3 Å². The highest BCUT2D eigenvalue weighted by Gasteiger charge is 2.53. The lowest BCUT2D eigenvalue weighted by Gasteiger charge is -2.48. The number of hydrogen-bond donors (Lipinski definition) is 4. The number of carboxylic acid groups (broad SMARTS) is 1. The van der Waals surface area contributed by atoms with Crippen LogP contribution in [0, 0.1) is 0 Å². The van der Waals surface area contributed by atoms with Crippen molar-refractivity contribution in [1.29, 1.82) is 0 Å². The number of anilines is 2. The van der Waals surface area contributed by atoms with Crippen molar-refractivity contribution < 1.29 is 34.0 Å². The van der Waals surface area contributed by atoms with E-state index in [2.05, 4.69) is 30.9 Å². The van der Waals surface area contributed by atoms with E-state index >= 15 is 0 Å². The summed E-state index contributed by atoms with van der Waals surface area (Å²) in [6.45, 7) is 0. The number of aromatic nitrogens is 2. The number of rotatable bonds is 9. The fourth-order valence-corrected chi connectivity index (χ4v) is 5.76. The van der Waals surface area contributed by atoms with Gasteiger partial charge in [0.15, 0.2) is 21.7 Å². The number of fused-ring (bicyclic) bond motifs is 1. The summed E-state index contributed by atoms with van der Waals surface area (Å²) in [4.78, 5) is 68.5. The normalized spacial score (nSPS) is 19.4. The Morgan fingerprint density at radius 1 is 1.11 bits per heavy atom. The molecule has 2 aliphatic rings. The number of amides is 3. The molecule has 4 rings (SSSR count). The fourth-order valence-electron chi connectivity index (χ4n) is 3.33. The standard InChI is InChI=1S/C19H18N8O7S3/c1-33-25-10(7-5-36-18(20)21-7)14(29)24-19-22-8(6-37-19)11(26-34-2)13(28)23-12-15(30)27-9(17(31)32)3-4-35-16(12)27/h3,5-6,12,16H,4H2,1-2H3,(H2,20,21)(H,23,28)(H,31,32)(H,22,24,29)/b25-10+,26-11-/t12-,16-/m1/s1. The number of nitrogen functional groups attached to an aromatic ring is 1. The van der Waals surface area contributed by atoms with Gasteiger partial charge >= 0.3 is 5.97 Å². The summed E-state index contributed by atoms with van der Waals surface area (Å²) in [5.41, 5.74) is 5.39. The lowest BCUT2D eigenvalue weighted by Crippen LogP contribution is -2.70. The van der Waals surface area contributed by atoms with Crippen LogP contribution in [0.25, 0.3) is 0 Å². The molecule has 0 bridgehead atoms. The molecule has 4 heterocycles. The van der Waals surface area contributed by atoms with Gasteiger partial charge in [-0.05, 0) is 6.08 Å². The molecule has 1 fully saturated rings. The summed E-state index contributed by atoms with van der Waals surface area (Å²) >= 11 is 3.43. The molecule has 37 heavy (non-hydrogen) atoms. The average Bonchev–Trinajstić information content (AvgIpc) is 3.52. The zero-order chi connectivity index (χ0) is 26.7. The van der Waals surface area contributed by atoms with E-state index < -0.39 is 35.1 Å². The first kappa shape index (κ1) is 26.0. The van der Waals surface area contributed by atoms with Crippen molar-refractivity contribution in [2.24, 2.45) is 10.3 Å². The third-order valence-electron chi connectivity index (χ3n) is 4.88. The molecule has 1 saturated heterocycles.